The number of pyridine rings is 1. The van der Waals surface area contributed by atoms with Gasteiger partial charge in [0.2, 0.25) is 0 Å². The molecule has 0 aliphatic carbocycles. The highest BCUT2D eigenvalue weighted by Crippen LogP contribution is 2.23. The lowest BCUT2D eigenvalue weighted by Crippen LogP contribution is -2.25. The SMILES string of the molecule is Cc1ccc(CN(C)C(=O)c2ccc(SCc3cn4ccccc4n3)cc2)o1. The molecule has 0 fully saturated rings. The summed E-state index contributed by atoms with van der Waals surface area (Å²) >= 11 is 1.71. The van der Waals surface area contributed by atoms with Crippen LogP contribution in [-0.4, -0.2) is 27.2 Å². The Balaban J connectivity index is 1.36. The average Bonchev–Trinajstić information content (AvgIpc) is 3.31. The number of imidazole rings is 1. The fraction of sp³-hybridized carbons (Fsp3) is 0.182. The van der Waals surface area contributed by atoms with E-state index >= 15 is 0 Å². The number of thioether (sulfide) groups is 1. The van der Waals surface area contributed by atoms with Crippen LogP contribution in [0.2, 0.25) is 0 Å². The summed E-state index contributed by atoms with van der Waals surface area (Å²) < 4.78 is 7.57. The number of aryl methyl sites for hydroxylation is 1. The first-order valence-electron chi connectivity index (χ1n) is 9.05. The van der Waals surface area contributed by atoms with E-state index in [0.717, 1.165) is 33.5 Å². The van der Waals surface area contributed by atoms with Gasteiger partial charge in [-0.3, -0.25) is 4.79 Å². The Kier molecular flexibility index (Phi) is 5.21. The van der Waals surface area contributed by atoms with Crippen molar-refractivity contribution in [3.63, 3.8) is 0 Å². The lowest BCUT2D eigenvalue weighted by molar-refractivity contribution is 0.0775. The van der Waals surface area contributed by atoms with Crippen LogP contribution in [-0.2, 0) is 12.3 Å². The van der Waals surface area contributed by atoms with Gasteiger partial charge in [-0.1, -0.05) is 6.07 Å². The maximum absolute atomic E-state index is 12.6. The third-order valence-corrected chi connectivity index (χ3v) is 5.48. The molecule has 0 radical (unpaired) electrons. The normalized spacial score (nSPS) is 11.1. The van der Waals surface area contributed by atoms with Crippen LogP contribution in [0.3, 0.4) is 0 Å². The van der Waals surface area contributed by atoms with Gasteiger partial charge in [0, 0.05) is 35.7 Å². The van der Waals surface area contributed by atoms with Gasteiger partial charge in [-0.05, 0) is 55.5 Å². The summed E-state index contributed by atoms with van der Waals surface area (Å²) in [6.45, 7) is 2.35. The second-order valence-electron chi connectivity index (χ2n) is 6.68. The second kappa shape index (κ2) is 7.94. The number of aromatic nitrogens is 2. The molecule has 3 heterocycles. The Labute approximate surface area is 168 Å². The van der Waals surface area contributed by atoms with Crippen molar-refractivity contribution in [2.45, 2.75) is 24.1 Å². The molecule has 0 N–H and O–H groups in total. The van der Waals surface area contributed by atoms with Crippen LogP contribution in [0.5, 0.6) is 0 Å². The zero-order valence-corrected chi connectivity index (χ0v) is 16.6. The minimum atomic E-state index is -0.0223. The molecular weight excluding hydrogens is 370 g/mol. The molecule has 1 aromatic carbocycles. The largest absolute Gasteiger partial charge is 0.464 e. The minimum absolute atomic E-state index is 0.0223. The van der Waals surface area contributed by atoms with E-state index < -0.39 is 0 Å². The molecule has 4 aromatic rings. The Morgan fingerprint density at radius 2 is 1.96 bits per heavy atom. The molecular formula is C22H21N3O2S. The number of fused-ring (bicyclic) bond motifs is 1. The molecule has 6 heteroatoms. The Morgan fingerprint density at radius 3 is 2.68 bits per heavy atom. The van der Waals surface area contributed by atoms with Crippen LogP contribution >= 0.6 is 11.8 Å². The smallest absolute Gasteiger partial charge is 0.254 e. The highest BCUT2D eigenvalue weighted by Gasteiger charge is 2.13. The Morgan fingerprint density at radius 1 is 1.14 bits per heavy atom. The zero-order valence-electron chi connectivity index (χ0n) is 15.8. The molecule has 0 atom stereocenters. The van der Waals surface area contributed by atoms with Crippen LogP contribution in [0.15, 0.2) is 76.3 Å². The molecule has 5 nitrogen and oxygen atoms in total. The maximum Gasteiger partial charge on any atom is 0.254 e. The fourth-order valence-corrected chi connectivity index (χ4v) is 3.79. The highest BCUT2D eigenvalue weighted by molar-refractivity contribution is 7.98. The first kappa shape index (κ1) is 18.4. The van der Waals surface area contributed by atoms with Crippen molar-refractivity contribution in [1.82, 2.24) is 14.3 Å². The summed E-state index contributed by atoms with van der Waals surface area (Å²) in [4.78, 5) is 20.0. The van der Waals surface area contributed by atoms with Gasteiger partial charge in [-0.2, -0.15) is 0 Å². The van der Waals surface area contributed by atoms with E-state index in [0.29, 0.717) is 12.1 Å². The minimum Gasteiger partial charge on any atom is -0.464 e. The van der Waals surface area contributed by atoms with E-state index in [1.54, 1.807) is 23.7 Å². The number of amides is 1. The highest BCUT2D eigenvalue weighted by atomic mass is 32.2. The first-order valence-corrected chi connectivity index (χ1v) is 10.0. The van der Waals surface area contributed by atoms with Gasteiger partial charge in [0.25, 0.3) is 5.91 Å². The molecule has 0 aliphatic rings. The van der Waals surface area contributed by atoms with Gasteiger partial charge in [0.05, 0.1) is 12.2 Å². The van der Waals surface area contributed by atoms with Crippen molar-refractivity contribution in [2.24, 2.45) is 0 Å². The van der Waals surface area contributed by atoms with Crippen molar-refractivity contribution in [2.75, 3.05) is 7.05 Å². The van der Waals surface area contributed by atoms with Gasteiger partial charge >= 0.3 is 0 Å². The standard InChI is InChI=1S/C22H21N3O2S/c1-16-6-9-19(27-16)14-24(2)22(26)17-7-10-20(11-8-17)28-15-18-13-25-12-4-3-5-21(25)23-18/h3-13H,14-15H2,1-2H3. The van der Waals surface area contributed by atoms with Gasteiger partial charge in [0.1, 0.15) is 17.2 Å². The number of benzene rings is 1. The van der Waals surface area contributed by atoms with Gasteiger partial charge < -0.3 is 13.7 Å². The van der Waals surface area contributed by atoms with E-state index in [9.17, 15) is 4.79 Å². The lowest BCUT2D eigenvalue weighted by atomic mass is 10.2. The van der Waals surface area contributed by atoms with Gasteiger partial charge in [0.15, 0.2) is 0 Å². The lowest BCUT2D eigenvalue weighted by Gasteiger charge is -2.16. The summed E-state index contributed by atoms with van der Waals surface area (Å²) in [5, 5.41) is 0. The molecule has 0 saturated carbocycles. The molecule has 28 heavy (non-hydrogen) atoms. The quantitative estimate of drug-likeness (QED) is 0.443. The number of carbonyl (C=O) groups excluding carboxylic acids is 1. The number of carbonyl (C=O) groups is 1. The van der Waals surface area contributed by atoms with Crippen molar-refractivity contribution in [3.8, 4) is 0 Å². The van der Waals surface area contributed by atoms with Crippen molar-refractivity contribution < 1.29 is 9.21 Å². The van der Waals surface area contributed by atoms with E-state index in [2.05, 4.69) is 4.98 Å². The molecule has 0 saturated heterocycles. The average molecular weight is 391 g/mol. The number of hydrogen-bond acceptors (Lipinski definition) is 4. The maximum atomic E-state index is 12.6. The van der Waals surface area contributed by atoms with Crippen LogP contribution in [0.25, 0.3) is 5.65 Å². The summed E-state index contributed by atoms with van der Waals surface area (Å²) in [6.07, 6.45) is 4.04. The van der Waals surface area contributed by atoms with Crippen LogP contribution in [0, 0.1) is 6.92 Å². The fourth-order valence-electron chi connectivity index (χ4n) is 3.00. The van der Waals surface area contributed by atoms with Crippen LogP contribution in [0.4, 0.5) is 0 Å². The predicted octanol–water partition coefficient (Wildman–Crippen LogP) is 4.80. The van der Waals surface area contributed by atoms with E-state index in [4.69, 9.17) is 4.42 Å². The molecule has 3 aromatic heterocycles. The summed E-state index contributed by atoms with van der Waals surface area (Å²) in [5.41, 5.74) is 2.65. The van der Waals surface area contributed by atoms with Crippen LogP contribution in [0.1, 0.15) is 27.6 Å². The van der Waals surface area contributed by atoms with Crippen LogP contribution < -0.4 is 0 Å². The third-order valence-electron chi connectivity index (χ3n) is 4.44. The number of rotatable bonds is 6. The van der Waals surface area contributed by atoms with Crippen molar-refractivity contribution in [1.29, 1.82) is 0 Å². The van der Waals surface area contributed by atoms with Gasteiger partial charge in [-0.25, -0.2) is 4.98 Å². The topological polar surface area (TPSA) is 50.8 Å². The van der Waals surface area contributed by atoms with E-state index in [-0.39, 0.29) is 5.91 Å². The monoisotopic (exact) mass is 391 g/mol. The summed E-state index contributed by atoms with van der Waals surface area (Å²) in [6, 6.07) is 17.5. The molecule has 4 rings (SSSR count). The van der Waals surface area contributed by atoms with Crippen molar-refractivity contribution >= 4 is 23.3 Å². The Bertz CT molecular complexity index is 1070. The predicted molar refractivity (Wildman–Crippen MR) is 110 cm³/mol. The summed E-state index contributed by atoms with van der Waals surface area (Å²) in [7, 11) is 1.78. The van der Waals surface area contributed by atoms with E-state index in [1.165, 1.54) is 0 Å². The number of nitrogens with zero attached hydrogens (tertiary/aromatic N) is 3. The zero-order chi connectivity index (χ0) is 19.5. The van der Waals surface area contributed by atoms with E-state index in [1.807, 2.05) is 78.3 Å². The second-order valence-corrected chi connectivity index (χ2v) is 7.73. The molecule has 0 spiro atoms. The van der Waals surface area contributed by atoms with Crippen molar-refractivity contribution in [3.05, 3.63) is 89.8 Å². The molecule has 0 aliphatic heterocycles. The molecule has 0 bridgehead atoms. The van der Waals surface area contributed by atoms with Gasteiger partial charge in [-0.15, -0.1) is 11.8 Å². The molecule has 1 amide bonds. The number of hydrogen-bond donors (Lipinski definition) is 0. The first-order chi connectivity index (χ1) is 13.6. The molecule has 142 valence electrons. The Hall–Kier alpha value is -2.99. The summed E-state index contributed by atoms with van der Waals surface area (Å²) in [5.74, 6) is 2.40. The number of furan rings is 1. The third kappa shape index (κ3) is 4.12. The molecule has 0 unspecified atom stereocenters.